The minimum atomic E-state index is -4.45. The van der Waals surface area contributed by atoms with E-state index in [1.165, 1.54) is 60.2 Å². The number of nitrogens with zero attached hydrogens (tertiary/aromatic N) is 3. The molecular weight excluding hydrogens is 517 g/mol. The molecule has 4 rings (SSSR count). The number of hydrogen-bond donors (Lipinski definition) is 2. The van der Waals surface area contributed by atoms with Crippen molar-refractivity contribution >= 4 is 27.6 Å². The molecule has 188 valence electrons. The largest absolute Gasteiger partial charge is 0.493 e. The van der Waals surface area contributed by atoms with E-state index in [4.69, 9.17) is 0 Å². The number of alkyl halides is 3. The molecule has 0 aliphatic rings. The number of imidazole rings is 1. The van der Waals surface area contributed by atoms with E-state index in [1.807, 2.05) is 0 Å². The summed E-state index contributed by atoms with van der Waals surface area (Å²) >= 11 is -0.283. The SMILES string of the molecule is Cc1c(O)n(-c2ccc(SC(F)(F)F)cc2)c(=O)n1Cc1ccnc(NS(=O)(=O)c2ccccc2)c1. The number of pyridine rings is 1. The second-order valence-electron chi connectivity index (χ2n) is 7.62. The average Bonchev–Trinajstić information content (AvgIpc) is 3.02. The van der Waals surface area contributed by atoms with Crippen molar-refractivity contribution in [1.29, 1.82) is 0 Å². The standard InChI is InChI=1S/C23H19F3N4O4S2/c1-15-21(31)30(17-7-9-18(10-8-17)35-23(24,25)26)22(32)29(15)14-16-11-12-27-20(13-16)28-36(33,34)19-5-3-2-4-6-19/h2-13,31H,14H2,1H3,(H,27,28). The Labute approximate surface area is 208 Å². The monoisotopic (exact) mass is 536 g/mol. The first-order valence-corrected chi connectivity index (χ1v) is 12.6. The van der Waals surface area contributed by atoms with Gasteiger partial charge in [-0.3, -0.25) is 9.29 Å². The van der Waals surface area contributed by atoms with Crippen LogP contribution in [0.3, 0.4) is 0 Å². The zero-order valence-corrected chi connectivity index (χ0v) is 20.2. The Morgan fingerprint density at radius 3 is 2.36 bits per heavy atom. The average molecular weight is 537 g/mol. The third-order valence-electron chi connectivity index (χ3n) is 5.15. The van der Waals surface area contributed by atoms with Crippen LogP contribution in [0.25, 0.3) is 5.69 Å². The number of anilines is 1. The number of nitrogens with one attached hydrogen (secondary N) is 1. The van der Waals surface area contributed by atoms with Gasteiger partial charge in [-0.2, -0.15) is 13.2 Å². The molecule has 2 heterocycles. The minimum absolute atomic E-state index is 0.0180. The molecule has 4 aromatic rings. The smallest absolute Gasteiger partial charge is 0.446 e. The third-order valence-corrected chi connectivity index (χ3v) is 7.26. The molecule has 0 saturated carbocycles. The van der Waals surface area contributed by atoms with Gasteiger partial charge in [0.1, 0.15) is 5.82 Å². The van der Waals surface area contributed by atoms with Crippen LogP contribution in [0.4, 0.5) is 19.0 Å². The summed E-state index contributed by atoms with van der Waals surface area (Å²) in [5.41, 5.74) is -4.13. The van der Waals surface area contributed by atoms with Gasteiger partial charge >= 0.3 is 11.2 Å². The fraction of sp³-hybridized carbons (Fsp3) is 0.130. The maximum Gasteiger partial charge on any atom is 0.446 e. The first kappa shape index (κ1) is 25.4. The Morgan fingerprint density at radius 1 is 1.06 bits per heavy atom. The number of thioether (sulfide) groups is 1. The van der Waals surface area contributed by atoms with Crippen LogP contribution < -0.4 is 10.4 Å². The molecule has 0 bridgehead atoms. The van der Waals surface area contributed by atoms with Crippen LogP contribution in [0.15, 0.2) is 87.5 Å². The maximum atomic E-state index is 13.1. The highest BCUT2D eigenvalue weighted by molar-refractivity contribution is 8.00. The number of aromatic hydroxyl groups is 1. The molecule has 8 nitrogen and oxygen atoms in total. The molecular formula is C23H19F3N4O4S2. The van der Waals surface area contributed by atoms with Gasteiger partial charge in [0.05, 0.1) is 22.8 Å². The molecule has 0 saturated heterocycles. The quantitative estimate of drug-likeness (QED) is 0.337. The fourth-order valence-electron chi connectivity index (χ4n) is 3.46. The molecule has 0 radical (unpaired) electrons. The molecule has 36 heavy (non-hydrogen) atoms. The topological polar surface area (TPSA) is 106 Å². The van der Waals surface area contributed by atoms with Crippen molar-refractivity contribution in [3.8, 4) is 11.6 Å². The summed E-state index contributed by atoms with van der Waals surface area (Å²) in [6, 6.07) is 15.8. The number of aromatic nitrogens is 3. The summed E-state index contributed by atoms with van der Waals surface area (Å²) in [5, 5.41) is 10.6. The number of rotatable bonds is 7. The molecule has 0 spiro atoms. The van der Waals surface area contributed by atoms with E-state index in [9.17, 15) is 31.5 Å². The predicted octanol–water partition coefficient (Wildman–Crippen LogP) is 4.51. The number of sulfonamides is 1. The summed E-state index contributed by atoms with van der Waals surface area (Å²) in [6.07, 6.45) is 1.38. The Hall–Kier alpha value is -3.71. The lowest BCUT2D eigenvalue weighted by Crippen LogP contribution is -2.24. The van der Waals surface area contributed by atoms with Crippen LogP contribution in [-0.2, 0) is 16.6 Å². The molecule has 0 aliphatic carbocycles. The van der Waals surface area contributed by atoms with E-state index in [2.05, 4.69) is 9.71 Å². The first-order chi connectivity index (χ1) is 16.9. The summed E-state index contributed by atoms with van der Waals surface area (Å²) in [7, 11) is -3.87. The molecule has 0 unspecified atom stereocenters. The second-order valence-corrected chi connectivity index (χ2v) is 10.4. The van der Waals surface area contributed by atoms with Crippen LogP contribution in [0.2, 0.25) is 0 Å². The van der Waals surface area contributed by atoms with Crippen molar-refractivity contribution in [2.75, 3.05) is 4.72 Å². The van der Waals surface area contributed by atoms with Crippen LogP contribution in [0.5, 0.6) is 5.88 Å². The van der Waals surface area contributed by atoms with Crippen molar-refractivity contribution < 1.29 is 26.7 Å². The molecule has 0 fully saturated rings. The zero-order valence-electron chi connectivity index (χ0n) is 18.6. The first-order valence-electron chi connectivity index (χ1n) is 10.3. The Bertz CT molecular complexity index is 1550. The lowest BCUT2D eigenvalue weighted by atomic mass is 10.2. The predicted molar refractivity (Wildman–Crippen MR) is 129 cm³/mol. The second kappa shape index (κ2) is 9.74. The Balaban J connectivity index is 1.60. The van der Waals surface area contributed by atoms with Gasteiger partial charge < -0.3 is 5.11 Å². The zero-order chi connectivity index (χ0) is 26.1. The van der Waals surface area contributed by atoms with E-state index >= 15 is 0 Å². The van der Waals surface area contributed by atoms with Gasteiger partial charge in [0, 0.05) is 11.1 Å². The van der Waals surface area contributed by atoms with Gasteiger partial charge in [-0.25, -0.2) is 22.8 Å². The van der Waals surface area contributed by atoms with E-state index < -0.39 is 21.2 Å². The lowest BCUT2D eigenvalue weighted by Gasteiger charge is -2.09. The minimum Gasteiger partial charge on any atom is -0.493 e. The molecule has 0 amide bonds. The molecule has 2 N–H and O–H groups in total. The molecule has 2 aromatic carbocycles. The van der Waals surface area contributed by atoms with Gasteiger partial charge in [-0.05, 0) is 72.8 Å². The van der Waals surface area contributed by atoms with E-state index in [0.29, 0.717) is 5.56 Å². The normalized spacial score (nSPS) is 12.0. The van der Waals surface area contributed by atoms with Crippen molar-refractivity contribution in [2.45, 2.75) is 28.8 Å². The van der Waals surface area contributed by atoms with Crippen molar-refractivity contribution in [1.82, 2.24) is 14.1 Å². The number of hydrogen-bond acceptors (Lipinski definition) is 6. The molecule has 2 aromatic heterocycles. The highest BCUT2D eigenvalue weighted by Crippen LogP contribution is 2.37. The van der Waals surface area contributed by atoms with Gasteiger partial charge in [0.25, 0.3) is 10.0 Å². The lowest BCUT2D eigenvalue weighted by molar-refractivity contribution is -0.0328. The van der Waals surface area contributed by atoms with Gasteiger partial charge in [0.2, 0.25) is 5.88 Å². The van der Waals surface area contributed by atoms with Crippen molar-refractivity contribution in [3.05, 3.63) is 94.7 Å². The highest BCUT2D eigenvalue weighted by atomic mass is 32.2. The fourth-order valence-corrected chi connectivity index (χ4v) is 5.02. The van der Waals surface area contributed by atoms with Crippen LogP contribution >= 0.6 is 11.8 Å². The number of halogens is 3. The summed E-state index contributed by atoms with van der Waals surface area (Å²) in [5.74, 6) is -0.321. The summed E-state index contributed by atoms with van der Waals surface area (Å²) in [4.78, 5) is 17.1. The molecule has 0 atom stereocenters. The van der Waals surface area contributed by atoms with Crippen LogP contribution in [0.1, 0.15) is 11.3 Å². The summed E-state index contributed by atoms with van der Waals surface area (Å²) in [6.45, 7) is 1.50. The van der Waals surface area contributed by atoms with E-state index in [1.54, 1.807) is 24.3 Å². The van der Waals surface area contributed by atoms with Crippen LogP contribution in [-0.4, -0.2) is 33.2 Å². The summed E-state index contributed by atoms with van der Waals surface area (Å²) < 4.78 is 67.5. The van der Waals surface area contributed by atoms with Crippen LogP contribution in [0, 0.1) is 6.92 Å². The molecule has 0 aliphatic heterocycles. The van der Waals surface area contributed by atoms with Crippen molar-refractivity contribution in [3.63, 3.8) is 0 Å². The van der Waals surface area contributed by atoms with E-state index in [0.717, 1.165) is 4.57 Å². The third kappa shape index (κ3) is 5.57. The van der Waals surface area contributed by atoms with Gasteiger partial charge in [0.15, 0.2) is 0 Å². The Morgan fingerprint density at radius 2 is 1.72 bits per heavy atom. The van der Waals surface area contributed by atoms with Crippen molar-refractivity contribution in [2.24, 2.45) is 0 Å². The Kier molecular flexibility index (Phi) is 6.87. The van der Waals surface area contributed by atoms with Gasteiger partial charge in [-0.1, -0.05) is 18.2 Å². The maximum absolute atomic E-state index is 13.1. The van der Waals surface area contributed by atoms with E-state index in [-0.39, 0.29) is 51.2 Å². The molecule has 13 heteroatoms. The van der Waals surface area contributed by atoms with Gasteiger partial charge in [-0.15, -0.1) is 0 Å². The number of benzene rings is 2. The highest BCUT2D eigenvalue weighted by Gasteiger charge is 2.29.